The van der Waals surface area contributed by atoms with Crippen LogP contribution in [0.15, 0.2) is 72.8 Å². The fraction of sp³-hybridized carbons (Fsp3) is 0.479. The van der Waals surface area contributed by atoms with Gasteiger partial charge in [0, 0.05) is 107 Å². The largest absolute Gasteiger partial charge is 0.507 e. The molecule has 1 unspecified atom stereocenters. The number of aromatic nitrogens is 2. The maximum Gasteiger partial charge on any atom is 0.319 e. The Balaban J connectivity index is 0.722. The molecule has 5 fully saturated rings. The number of carbonyl (C=O) groups is 3. The lowest BCUT2D eigenvalue weighted by molar-refractivity contribution is -0.134. The van der Waals surface area contributed by atoms with E-state index >= 15 is 0 Å². The molecule has 6 aliphatic rings. The number of phenols is 1. The van der Waals surface area contributed by atoms with E-state index in [9.17, 15) is 19.5 Å². The Bertz CT molecular complexity index is 2370. The van der Waals surface area contributed by atoms with E-state index in [1.807, 2.05) is 41.1 Å². The summed E-state index contributed by atoms with van der Waals surface area (Å²) in [4.78, 5) is 51.8. The number of ether oxygens (including phenoxy) is 2. The lowest BCUT2D eigenvalue weighted by atomic mass is 9.94. The van der Waals surface area contributed by atoms with Crippen molar-refractivity contribution < 1.29 is 29.0 Å². The first-order chi connectivity index (χ1) is 31.2. The first-order valence-corrected chi connectivity index (χ1v) is 23.0. The van der Waals surface area contributed by atoms with Gasteiger partial charge in [0.15, 0.2) is 5.82 Å². The molecule has 5 saturated heterocycles. The van der Waals surface area contributed by atoms with Crippen molar-refractivity contribution in [2.75, 3.05) is 91.4 Å². The van der Waals surface area contributed by atoms with Crippen LogP contribution in [0.25, 0.3) is 11.3 Å². The van der Waals surface area contributed by atoms with Gasteiger partial charge in [0.05, 0.1) is 36.7 Å². The highest BCUT2D eigenvalue weighted by molar-refractivity contribution is 6.02. The highest BCUT2D eigenvalue weighted by atomic mass is 16.5. The lowest BCUT2D eigenvalue weighted by Gasteiger charge is -2.51. The molecule has 64 heavy (non-hydrogen) atoms. The fourth-order valence-electron chi connectivity index (χ4n) is 10.9. The van der Waals surface area contributed by atoms with E-state index in [1.165, 1.54) is 11.3 Å². The van der Waals surface area contributed by atoms with Crippen molar-refractivity contribution >= 4 is 46.4 Å². The number of nitrogens with two attached hydrogens (primary N) is 1. The minimum atomic E-state index is -0.318. The Labute approximate surface area is 373 Å². The van der Waals surface area contributed by atoms with Gasteiger partial charge in [-0.15, -0.1) is 10.2 Å². The van der Waals surface area contributed by atoms with Gasteiger partial charge >= 0.3 is 6.03 Å². The molecule has 3 aromatic carbocycles. The number of nitrogens with zero attached hydrogens (tertiary/aromatic N) is 8. The zero-order chi connectivity index (χ0) is 43.9. The van der Waals surface area contributed by atoms with Crippen molar-refractivity contribution in [3.05, 3.63) is 78.4 Å². The maximum absolute atomic E-state index is 13.9. The normalized spacial score (nSPS) is 23.1. The number of para-hydroxylation sites is 1. The van der Waals surface area contributed by atoms with Gasteiger partial charge in [-0.3, -0.25) is 14.9 Å². The molecule has 4 amide bonds. The number of morpholine rings is 1. The number of anilines is 5. The van der Waals surface area contributed by atoms with Gasteiger partial charge in [-0.1, -0.05) is 24.3 Å². The lowest BCUT2D eigenvalue weighted by Crippen LogP contribution is -2.65. The molecule has 0 aliphatic carbocycles. The second-order valence-electron chi connectivity index (χ2n) is 18.1. The van der Waals surface area contributed by atoms with E-state index in [0.29, 0.717) is 69.3 Å². The van der Waals surface area contributed by atoms with Crippen LogP contribution in [0.3, 0.4) is 0 Å². The number of carbonyl (C=O) groups excluding carboxylic acids is 3. The molecule has 0 radical (unpaired) electrons. The van der Waals surface area contributed by atoms with Gasteiger partial charge in [-0.25, -0.2) is 4.79 Å². The Morgan fingerprint density at radius 3 is 2.34 bits per heavy atom. The molecule has 16 heteroatoms. The second-order valence-corrected chi connectivity index (χ2v) is 18.1. The molecule has 16 nitrogen and oxygen atoms in total. The Morgan fingerprint density at radius 1 is 0.828 bits per heavy atom. The van der Waals surface area contributed by atoms with E-state index in [-0.39, 0.29) is 53.9 Å². The van der Waals surface area contributed by atoms with Crippen molar-refractivity contribution in [1.29, 1.82) is 0 Å². The van der Waals surface area contributed by atoms with Crippen LogP contribution in [0.2, 0.25) is 0 Å². The number of piperidine rings is 3. The first-order valence-electron chi connectivity index (χ1n) is 23.0. The van der Waals surface area contributed by atoms with Crippen molar-refractivity contribution in [2.24, 2.45) is 0 Å². The van der Waals surface area contributed by atoms with Crippen molar-refractivity contribution in [3.63, 3.8) is 0 Å². The number of nitrogen functional groups attached to an aromatic ring is 1. The first kappa shape index (κ1) is 41.7. The summed E-state index contributed by atoms with van der Waals surface area (Å²) in [5.41, 5.74) is 13.1. The quantitative estimate of drug-likeness (QED) is 0.209. The van der Waals surface area contributed by atoms with Gasteiger partial charge in [0.25, 0.3) is 0 Å². The number of rotatable bonds is 8. The van der Waals surface area contributed by atoms with Crippen LogP contribution >= 0.6 is 0 Å². The third kappa shape index (κ3) is 8.19. The van der Waals surface area contributed by atoms with Crippen LogP contribution in [-0.2, 0) is 20.7 Å². The zero-order valence-corrected chi connectivity index (χ0v) is 36.5. The third-order valence-corrected chi connectivity index (χ3v) is 14.2. The van der Waals surface area contributed by atoms with Crippen molar-refractivity contribution in [3.8, 4) is 22.8 Å². The predicted molar refractivity (Wildman–Crippen MR) is 245 cm³/mol. The molecule has 336 valence electrons. The zero-order valence-electron chi connectivity index (χ0n) is 36.5. The second kappa shape index (κ2) is 17.7. The monoisotopic (exact) mass is 870 g/mol. The number of hydrogen-bond donors (Lipinski definition) is 3. The number of amides is 4. The molecule has 2 bridgehead atoms. The van der Waals surface area contributed by atoms with Gasteiger partial charge in [0.2, 0.25) is 11.8 Å². The van der Waals surface area contributed by atoms with Gasteiger partial charge in [-0.2, -0.15) is 0 Å². The molecular weight excluding hydrogens is 813 g/mol. The van der Waals surface area contributed by atoms with Crippen molar-refractivity contribution in [1.82, 2.24) is 25.3 Å². The van der Waals surface area contributed by atoms with Crippen LogP contribution in [0, 0.1) is 0 Å². The molecule has 0 saturated carbocycles. The molecule has 4 N–H and O–H groups in total. The Morgan fingerprint density at radius 2 is 1.58 bits per heavy atom. The number of imide groups is 1. The SMILES string of the molecule is CN(C(=O)N1CCC(Oc2cccc(N3[C@@H]4COC[C@H]3CN(c3cc(-c5ccccc5O)nnc3N)C4)c2)CC1)C1CCN(c2cccc3c2CCCN3C2CCC(=O)NC2=O)CC1. The summed E-state index contributed by atoms with van der Waals surface area (Å²) < 4.78 is 12.7. The minimum absolute atomic E-state index is 0.00986. The molecule has 7 heterocycles. The van der Waals surface area contributed by atoms with Crippen LogP contribution in [0.4, 0.5) is 33.4 Å². The fourth-order valence-corrected chi connectivity index (χ4v) is 10.9. The van der Waals surface area contributed by atoms with Crippen LogP contribution in [-0.4, -0.2) is 139 Å². The molecule has 3 atom stereocenters. The average molecular weight is 871 g/mol. The maximum atomic E-state index is 13.9. The smallest absolute Gasteiger partial charge is 0.319 e. The molecule has 10 rings (SSSR count). The Hall–Kier alpha value is -6.29. The van der Waals surface area contributed by atoms with Crippen molar-refractivity contribution in [2.45, 2.75) is 81.6 Å². The number of nitrogens with one attached hydrogen (secondary N) is 1. The van der Waals surface area contributed by atoms with Crippen LogP contribution in [0.1, 0.15) is 50.5 Å². The summed E-state index contributed by atoms with van der Waals surface area (Å²) in [7, 11) is 1.95. The van der Waals surface area contributed by atoms with E-state index in [0.717, 1.165) is 81.0 Å². The topological polar surface area (TPSA) is 173 Å². The number of fused-ring (bicyclic) bond motifs is 3. The number of hydrogen-bond acceptors (Lipinski definition) is 13. The Kier molecular flexibility index (Phi) is 11.5. The van der Waals surface area contributed by atoms with Gasteiger partial charge in [0.1, 0.15) is 23.6 Å². The molecule has 1 aromatic heterocycles. The summed E-state index contributed by atoms with van der Waals surface area (Å²) >= 11 is 0. The number of aromatic hydroxyl groups is 1. The molecule has 6 aliphatic heterocycles. The van der Waals surface area contributed by atoms with Gasteiger partial charge in [-0.05, 0) is 80.1 Å². The minimum Gasteiger partial charge on any atom is -0.507 e. The van der Waals surface area contributed by atoms with E-state index in [2.05, 4.69) is 71.5 Å². The van der Waals surface area contributed by atoms with E-state index in [4.69, 9.17) is 15.2 Å². The number of benzene rings is 3. The van der Waals surface area contributed by atoms with Crippen LogP contribution < -0.4 is 35.4 Å². The molecule has 4 aromatic rings. The molecule has 0 spiro atoms. The van der Waals surface area contributed by atoms with Crippen LogP contribution in [0.5, 0.6) is 11.5 Å². The highest BCUT2D eigenvalue weighted by Gasteiger charge is 2.40. The predicted octanol–water partition coefficient (Wildman–Crippen LogP) is 4.65. The number of urea groups is 1. The third-order valence-electron chi connectivity index (χ3n) is 14.2. The summed E-state index contributed by atoms with van der Waals surface area (Å²) in [6, 6.07) is 23.8. The summed E-state index contributed by atoms with van der Waals surface area (Å²) in [6.45, 7) is 6.32. The average Bonchev–Trinajstić information content (AvgIpc) is 3.31. The highest BCUT2D eigenvalue weighted by Crippen LogP contribution is 2.39. The number of piperazine rings is 1. The van der Waals surface area contributed by atoms with E-state index in [1.54, 1.807) is 12.1 Å². The van der Waals surface area contributed by atoms with E-state index < -0.39 is 0 Å². The molecular formula is C48H58N10O6. The summed E-state index contributed by atoms with van der Waals surface area (Å²) in [5.74, 6) is 0.941. The standard InChI is InChI=1S/C48H58N10O6/c1-53(31-16-21-54(22-17-31)40-11-5-12-41-38(40)10-6-20-57(41)42-14-15-45(60)50-47(42)61)48(62)55-23-18-35(19-24-55)64-36-8-4-7-32(25-36)58-33-27-56(28-34(58)30-63-29-33)43-26-39(51-52-46(43)49)37-9-2-3-13-44(37)59/h2-5,7-9,11-13,25-26,31,33-35,42,59H,6,10,14-24,27-30H2,1H3,(H2,49,52)(H,50,60,61)/t33-,34+,42?. The summed E-state index contributed by atoms with van der Waals surface area (Å²) in [6.07, 6.45) is 6.15. The summed E-state index contributed by atoms with van der Waals surface area (Å²) in [5, 5.41) is 21.6. The van der Waals surface area contributed by atoms with Gasteiger partial charge < -0.3 is 49.7 Å². The number of likely N-dealkylation sites (tertiary alicyclic amines) is 1. The number of phenolic OH excluding ortho intramolecular Hbond substituents is 1.